The summed E-state index contributed by atoms with van der Waals surface area (Å²) in [5.41, 5.74) is 4.35. The number of esters is 1. The van der Waals surface area contributed by atoms with E-state index in [0.29, 0.717) is 17.9 Å². The van der Waals surface area contributed by atoms with Gasteiger partial charge in [-0.05, 0) is 44.4 Å². The molecule has 0 N–H and O–H groups in total. The molecular weight excluding hydrogens is 254 g/mol. The molecule has 0 spiro atoms. The molecule has 2 rings (SSSR count). The molecule has 0 aliphatic heterocycles. The highest BCUT2D eigenvalue weighted by Gasteiger charge is 2.19. The molecule has 4 heteroatoms. The van der Waals surface area contributed by atoms with Crippen LogP contribution in [0.3, 0.4) is 0 Å². The van der Waals surface area contributed by atoms with Crippen molar-refractivity contribution in [1.29, 1.82) is 0 Å². The highest BCUT2D eigenvalue weighted by molar-refractivity contribution is 5.93. The fourth-order valence-electron chi connectivity index (χ4n) is 2.32. The first kappa shape index (κ1) is 14.3. The number of hydrogen-bond acceptors (Lipinski definition) is 4. The first-order valence-electron chi connectivity index (χ1n) is 6.81. The van der Waals surface area contributed by atoms with E-state index in [1.54, 1.807) is 6.92 Å². The molecule has 0 atom stereocenters. The average molecular weight is 273 g/mol. The van der Waals surface area contributed by atoms with Gasteiger partial charge >= 0.3 is 5.97 Å². The lowest BCUT2D eigenvalue weighted by Gasteiger charge is -2.12. The van der Waals surface area contributed by atoms with E-state index in [0.717, 1.165) is 28.8 Å². The second kappa shape index (κ2) is 5.90. The largest absolute Gasteiger partial charge is 0.462 e. The van der Waals surface area contributed by atoms with Crippen molar-refractivity contribution in [1.82, 2.24) is 5.16 Å². The predicted molar refractivity (Wildman–Crippen MR) is 76.7 cm³/mol. The maximum atomic E-state index is 12.0. The molecule has 0 bridgehead atoms. The fourth-order valence-corrected chi connectivity index (χ4v) is 2.32. The minimum atomic E-state index is -0.301. The molecule has 0 radical (unpaired) electrons. The number of aromatic nitrogens is 1. The van der Waals surface area contributed by atoms with Gasteiger partial charge in [-0.1, -0.05) is 18.1 Å². The Morgan fingerprint density at radius 3 is 2.60 bits per heavy atom. The summed E-state index contributed by atoms with van der Waals surface area (Å²) in [7, 11) is 0. The number of carbonyl (C=O) groups excluding carboxylic acids is 1. The van der Waals surface area contributed by atoms with Gasteiger partial charge in [-0.2, -0.15) is 0 Å². The zero-order chi connectivity index (χ0) is 14.7. The monoisotopic (exact) mass is 273 g/mol. The number of nitrogens with zero attached hydrogens (tertiary/aromatic N) is 1. The van der Waals surface area contributed by atoms with Crippen LogP contribution in [-0.4, -0.2) is 17.7 Å². The number of hydrogen-bond donors (Lipinski definition) is 0. The third-order valence-electron chi connectivity index (χ3n) is 3.30. The Morgan fingerprint density at radius 1 is 1.30 bits per heavy atom. The molecule has 106 valence electrons. The SMILES string of the molecule is CCOC(=O)c1ccc(CC)c(-c2cc(C)no2)c1C. The van der Waals surface area contributed by atoms with Crippen molar-refractivity contribution in [3.05, 3.63) is 40.6 Å². The summed E-state index contributed by atoms with van der Waals surface area (Å²) in [6.45, 7) is 8.03. The van der Waals surface area contributed by atoms with Gasteiger partial charge in [0.25, 0.3) is 0 Å². The second-order valence-corrected chi connectivity index (χ2v) is 4.68. The van der Waals surface area contributed by atoms with Gasteiger partial charge in [-0.3, -0.25) is 0 Å². The van der Waals surface area contributed by atoms with Crippen LogP contribution in [-0.2, 0) is 11.2 Å². The van der Waals surface area contributed by atoms with Crippen LogP contribution in [0.5, 0.6) is 0 Å². The van der Waals surface area contributed by atoms with E-state index in [9.17, 15) is 4.79 Å². The number of rotatable bonds is 4. The maximum absolute atomic E-state index is 12.0. The molecule has 2 aromatic rings. The van der Waals surface area contributed by atoms with Gasteiger partial charge in [-0.25, -0.2) is 4.79 Å². The van der Waals surface area contributed by atoms with Crippen LogP contribution < -0.4 is 0 Å². The highest BCUT2D eigenvalue weighted by atomic mass is 16.5. The van der Waals surface area contributed by atoms with Crippen molar-refractivity contribution in [3.8, 4) is 11.3 Å². The molecule has 0 saturated heterocycles. The minimum Gasteiger partial charge on any atom is -0.462 e. The van der Waals surface area contributed by atoms with Gasteiger partial charge in [-0.15, -0.1) is 0 Å². The first-order valence-corrected chi connectivity index (χ1v) is 6.81. The zero-order valence-corrected chi connectivity index (χ0v) is 12.3. The molecule has 0 fully saturated rings. The number of carbonyl (C=O) groups is 1. The molecule has 20 heavy (non-hydrogen) atoms. The summed E-state index contributed by atoms with van der Waals surface area (Å²) in [5, 5.41) is 3.93. The Bertz CT molecular complexity index is 629. The molecule has 0 amide bonds. The minimum absolute atomic E-state index is 0.301. The summed E-state index contributed by atoms with van der Waals surface area (Å²) in [5.74, 6) is 0.396. The van der Waals surface area contributed by atoms with Gasteiger partial charge in [0.05, 0.1) is 17.9 Å². The maximum Gasteiger partial charge on any atom is 0.338 e. The lowest BCUT2D eigenvalue weighted by atomic mass is 9.93. The van der Waals surface area contributed by atoms with Crippen LogP contribution in [0.25, 0.3) is 11.3 Å². The van der Waals surface area contributed by atoms with Gasteiger partial charge in [0.15, 0.2) is 5.76 Å². The summed E-state index contributed by atoms with van der Waals surface area (Å²) in [6.07, 6.45) is 0.860. The van der Waals surface area contributed by atoms with Crippen LogP contribution in [0.1, 0.15) is 41.0 Å². The van der Waals surface area contributed by atoms with E-state index in [-0.39, 0.29) is 5.97 Å². The molecule has 1 heterocycles. The number of ether oxygens (including phenoxy) is 1. The molecule has 0 aliphatic rings. The summed E-state index contributed by atoms with van der Waals surface area (Å²) in [4.78, 5) is 12.0. The lowest BCUT2D eigenvalue weighted by Crippen LogP contribution is -2.08. The summed E-state index contributed by atoms with van der Waals surface area (Å²) < 4.78 is 10.5. The van der Waals surface area contributed by atoms with Crippen molar-refractivity contribution in [2.45, 2.75) is 34.1 Å². The predicted octanol–water partition coefficient (Wildman–Crippen LogP) is 3.70. The number of aryl methyl sites for hydroxylation is 2. The Labute approximate surface area is 118 Å². The van der Waals surface area contributed by atoms with Crippen molar-refractivity contribution in [3.63, 3.8) is 0 Å². The molecule has 0 unspecified atom stereocenters. The molecule has 0 saturated carbocycles. The molecular formula is C16H19NO3. The fraction of sp³-hybridized carbons (Fsp3) is 0.375. The van der Waals surface area contributed by atoms with Gasteiger partial charge in [0.1, 0.15) is 0 Å². The summed E-state index contributed by atoms with van der Waals surface area (Å²) in [6, 6.07) is 5.65. The van der Waals surface area contributed by atoms with Crippen LogP contribution in [0.2, 0.25) is 0 Å². The van der Waals surface area contributed by atoms with Crippen LogP contribution >= 0.6 is 0 Å². The van der Waals surface area contributed by atoms with E-state index < -0.39 is 0 Å². The smallest absolute Gasteiger partial charge is 0.338 e. The van der Waals surface area contributed by atoms with E-state index in [1.807, 2.05) is 32.0 Å². The average Bonchev–Trinajstić information content (AvgIpc) is 2.84. The van der Waals surface area contributed by atoms with Crippen molar-refractivity contribution in [2.75, 3.05) is 6.61 Å². The quantitative estimate of drug-likeness (QED) is 0.797. The van der Waals surface area contributed by atoms with Gasteiger partial charge in [0, 0.05) is 11.6 Å². The topological polar surface area (TPSA) is 52.3 Å². The van der Waals surface area contributed by atoms with Gasteiger partial charge in [0.2, 0.25) is 0 Å². The zero-order valence-electron chi connectivity index (χ0n) is 12.3. The third kappa shape index (κ3) is 2.59. The van der Waals surface area contributed by atoms with E-state index in [2.05, 4.69) is 12.1 Å². The van der Waals surface area contributed by atoms with E-state index in [1.165, 1.54) is 0 Å². The standard InChI is InChI=1S/C16H19NO3/c1-5-12-7-8-13(16(18)19-6-2)11(4)15(12)14-9-10(3)17-20-14/h7-9H,5-6H2,1-4H3. The molecule has 1 aromatic carbocycles. The first-order chi connectivity index (χ1) is 9.58. The molecule has 4 nitrogen and oxygen atoms in total. The number of benzene rings is 1. The third-order valence-corrected chi connectivity index (χ3v) is 3.30. The van der Waals surface area contributed by atoms with E-state index in [4.69, 9.17) is 9.26 Å². The normalized spacial score (nSPS) is 10.6. The van der Waals surface area contributed by atoms with E-state index >= 15 is 0 Å². The van der Waals surface area contributed by atoms with Crippen LogP contribution in [0.4, 0.5) is 0 Å². The molecule has 0 aliphatic carbocycles. The Morgan fingerprint density at radius 2 is 2.05 bits per heavy atom. The van der Waals surface area contributed by atoms with Crippen LogP contribution in [0.15, 0.2) is 22.7 Å². The van der Waals surface area contributed by atoms with Crippen LogP contribution in [0, 0.1) is 13.8 Å². The van der Waals surface area contributed by atoms with Crippen molar-refractivity contribution >= 4 is 5.97 Å². The Kier molecular flexibility index (Phi) is 4.23. The van der Waals surface area contributed by atoms with Crippen molar-refractivity contribution in [2.24, 2.45) is 0 Å². The molecule has 1 aromatic heterocycles. The Balaban J connectivity index is 2.58. The second-order valence-electron chi connectivity index (χ2n) is 4.68. The summed E-state index contributed by atoms with van der Waals surface area (Å²) >= 11 is 0. The Hall–Kier alpha value is -2.10. The highest BCUT2D eigenvalue weighted by Crippen LogP contribution is 2.31. The van der Waals surface area contributed by atoms with Crippen molar-refractivity contribution < 1.29 is 14.1 Å². The lowest BCUT2D eigenvalue weighted by molar-refractivity contribution is 0.0525. The van der Waals surface area contributed by atoms with Gasteiger partial charge < -0.3 is 9.26 Å².